The molecule has 0 aliphatic rings. The minimum Gasteiger partial charge on any atom is -0.309 e. The molecule has 96 valence electrons. The molecule has 0 unspecified atom stereocenters. The van der Waals surface area contributed by atoms with Crippen LogP contribution in [-0.2, 0) is 12.2 Å². The zero-order chi connectivity index (χ0) is 12.8. The molecule has 0 fully saturated rings. The van der Waals surface area contributed by atoms with Crippen molar-refractivity contribution in [2.75, 3.05) is 5.75 Å². The topological polar surface area (TPSA) is 45.8 Å². The summed E-state index contributed by atoms with van der Waals surface area (Å²) in [6.45, 7) is 6.46. The number of halogens is 1. The molecular weight excluding hydrogens is 300 g/mol. The predicted molar refractivity (Wildman–Crippen MR) is 77.6 cm³/mol. The second-order valence-corrected chi connectivity index (χ2v) is 6.26. The standard InChI is InChI=1S/C12H19BrN2OS/c1-4-5-9-11(13)12(16)15-10(14-9)7-17-6-8(2)3/h8H,4-7H2,1-3H3,(H,14,15,16). The van der Waals surface area contributed by atoms with Gasteiger partial charge in [0.15, 0.2) is 0 Å². The van der Waals surface area contributed by atoms with Crippen LogP contribution in [0.4, 0.5) is 0 Å². The van der Waals surface area contributed by atoms with Crippen LogP contribution in [0.2, 0.25) is 0 Å². The van der Waals surface area contributed by atoms with Gasteiger partial charge in [-0.15, -0.1) is 0 Å². The number of H-pyrrole nitrogens is 1. The van der Waals surface area contributed by atoms with Crippen LogP contribution in [0.5, 0.6) is 0 Å². The zero-order valence-electron chi connectivity index (χ0n) is 10.5. The van der Waals surface area contributed by atoms with Gasteiger partial charge >= 0.3 is 0 Å². The monoisotopic (exact) mass is 318 g/mol. The van der Waals surface area contributed by atoms with E-state index in [1.165, 1.54) is 0 Å². The molecule has 1 aromatic heterocycles. The summed E-state index contributed by atoms with van der Waals surface area (Å²) in [5.74, 6) is 3.31. The molecular formula is C12H19BrN2OS. The Kier molecular flexibility index (Phi) is 6.27. The fraction of sp³-hybridized carbons (Fsp3) is 0.667. The summed E-state index contributed by atoms with van der Waals surface area (Å²) in [5.41, 5.74) is 0.806. The zero-order valence-corrected chi connectivity index (χ0v) is 12.9. The molecule has 3 nitrogen and oxygen atoms in total. The Morgan fingerprint density at radius 2 is 2.18 bits per heavy atom. The largest absolute Gasteiger partial charge is 0.309 e. The van der Waals surface area contributed by atoms with Gasteiger partial charge < -0.3 is 4.98 Å². The lowest BCUT2D eigenvalue weighted by atomic mass is 10.2. The lowest BCUT2D eigenvalue weighted by Crippen LogP contribution is -2.15. The molecule has 0 spiro atoms. The average Bonchev–Trinajstić information content (AvgIpc) is 2.25. The molecule has 17 heavy (non-hydrogen) atoms. The first-order valence-electron chi connectivity index (χ1n) is 5.89. The second kappa shape index (κ2) is 7.21. The smallest absolute Gasteiger partial charge is 0.265 e. The fourth-order valence-corrected chi connectivity index (χ4v) is 2.72. The molecule has 5 heteroatoms. The molecule has 1 N–H and O–H groups in total. The number of aromatic amines is 1. The average molecular weight is 319 g/mol. The van der Waals surface area contributed by atoms with Gasteiger partial charge in [0.05, 0.1) is 11.4 Å². The van der Waals surface area contributed by atoms with Crippen LogP contribution in [0.1, 0.15) is 38.7 Å². The lowest BCUT2D eigenvalue weighted by molar-refractivity contribution is 0.749. The Hall–Kier alpha value is -0.290. The van der Waals surface area contributed by atoms with Crippen LogP contribution in [0, 0.1) is 5.92 Å². The second-order valence-electron chi connectivity index (χ2n) is 4.43. The van der Waals surface area contributed by atoms with Crippen LogP contribution in [0.15, 0.2) is 9.27 Å². The number of hydrogen-bond acceptors (Lipinski definition) is 3. The molecule has 1 heterocycles. The number of hydrogen-bond donors (Lipinski definition) is 1. The van der Waals surface area contributed by atoms with Crippen molar-refractivity contribution in [3.8, 4) is 0 Å². The Labute approximate surface area is 115 Å². The summed E-state index contributed by atoms with van der Waals surface area (Å²) in [7, 11) is 0. The Morgan fingerprint density at radius 1 is 1.47 bits per heavy atom. The molecule has 0 aliphatic heterocycles. The third-order valence-corrected chi connectivity index (χ3v) is 4.35. The third kappa shape index (κ3) is 4.84. The maximum atomic E-state index is 11.7. The normalized spacial score (nSPS) is 11.1. The molecule has 1 aromatic rings. The summed E-state index contributed by atoms with van der Waals surface area (Å²) in [6, 6.07) is 0. The molecule has 1 rings (SSSR count). The van der Waals surface area contributed by atoms with Crippen molar-refractivity contribution < 1.29 is 0 Å². The highest BCUT2D eigenvalue weighted by Gasteiger charge is 2.08. The Morgan fingerprint density at radius 3 is 2.76 bits per heavy atom. The first kappa shape index (κ1) is 14.8. The van der Waals surface area contributed by atoms with E-state index in [-0.39, 0.29) is 5.56 Å². The number of thioether (sulfide) groups is 1. The third-order valence-electron chi connectivity index (χ3n) is 2.16. The van der Waals surface area contributed by atoms with Crippen LogP contribution in [0.25, 0.3) is 0 Å². The quantitative estimate of drug-likeness (QED) is 0.874. The van der Waals surface area contributed by atoms with E-state index in [1.54, 1.807) is 0 Å². The van der Waals surface area contributed by atoms with Gasteiger partial charge in [-0.05, 0) is 34.0 Å². The molecule has 0 radical (unpaired) electrons. The minimum atomic E-state index is -0.0661. The van der Waals surface area contributed by atoms with Crippen molar-refractivity contribution in [3.63, 3.8) is 0 Å². The number of aromatic nitrogens is 2. The summed E-state index contributed by atoms with van der Waals surface area (Å²) in [4.78, 5) is 19.0. The van der Waals surface area contributed by atoms with Crippen molar-refractivity contribution >= 4 is 27.7 Å². The maximum absolute atomic E-state index is 11.7. The molecule has 0 amide bonds. The van der Waals surface area contributed by atoms with E-state index in [2.05, 4.69) is 46.7 Å². The molecule has 0 saturated carbocycles. The first-order valence-corrected chi connectivity index (χ1v) is 7.84. The van der Waals surface area contributed by atoms with Crippen molar-refractivity contribution in [1.29, 1.82) is 0 Å². The number of nitrogens with one attached hydrogen (secondary N) is 1. The predicted octanol–water partition coefficient (Wildman–Crippen LogP) is 3.37. The van der Waals surface area contributed by atoms with Crippen LogP contribution >= 0.6 is 27.7 Å². The van der Waals surface area contributed by atoms with E-state index in [1.807, 2.05) is 11.8 Å². The summed E-state index contributed by atoms with van der Waals surface area (Å²) >= 11 is 5.10. The molecule has 0 bridgehead atoms. The Balaban J connectivity index is 2.76. The van der Waals surface area contributed by atoms with Gasteiger partial charge in [-0.25, -0.2) is 4.98 Å². The van der Waals surface area contributed by atoms with Gasteiger partial charge in [0.1, 0.15) is 10.3 Å². The van der Waals surface area contributed by atoms with Crippen LogP contribution in [-0.4, -0.2) is 15.7 Å². The van der Waals surface area contributed by atoms with E-state index in [4.69, 9.17) is 0 Å². The fourth-order valence-electron chi connectivity index (χ4n) is 1.42. The van der Waals surface area contributed by atoms with E-state index < -0.39 is 0 Å². The van der Waals surface area contributed by atoms with Crippen LogP contribution in [0.3, 0.4) is 0 Å². The van der Waals surface area contributed by atoms with Crippen molar-refractivity contribution in [2.24, 2.45) is 5.92 Å². The minimum absolute atomic E-state index is 0.0661. The van der Waals surface area contributed by atoms with E-state index in [0.717, 1.165) is 35.9 Å². The van der Waals surface area contributed by atoms with E-state index in [0.29, 0.717) is 10.4 Å². The first-order chi connectivity index (χ1) is 8.04. The Bertz CT molecular complexity index is 417. The van der Waals surface area contributed by atoms with Crippen molar-refractivity contribution in [3.05, 3.63) is 26.3 Å². The summed E-state index contributed by atoms with van der Waals surface area (Å²) in [6.07, 6.45) is 1.83. The molecule has 0 aromatic carbocycles. The van der Waals surface area contributed by atoms with Gasteiger partial charge in [-0.2, -0.15) is 11.8 Å². The highest BCUT2D eigenvalue weighted by molar-refractivity contribution is 9.10. The number of rotatable bonds is 6. The SMILES string of the molecule is CCCc1nc(CSCC(C)C)[nH]c(=O)c1Br. The van der Waals surface area contributed by atoms with Crippen LogP contribution < -0.4 is 5.56 Å². The van der Waals surface area contributed by atoms with Gasteiger partial charge in [-0.1, -0.05) is 27.2 Å². The highest BCUT2D eigenvalue weighted by atomic mass is 79.9. The maximum Gasteiger partial charge on any atom is 0.265 e. The van der Waals surface area contributed by atoms with E-state index in [9.17, 15) is 4.79 Å². The van der Waals surface area contributed by atoms with Crippen molar-refractivity contribution in [2.45, 2.75) is 39.4 Å². The van der Waals surface area contributed by atoms with Gasteiger partial charge in [0, 0.05) is 0 Å². The lowest BCUT2D eigenvalue weighted by Gasteiger charge is -2.07. The van der Waals surface area contributed by atoms with Crippen molar-refractivity contribution in [1.82, 2.24) is 9.97 Å². The molecule has 0 atom stereocenters. The van der Waals surface area contributed by atoms with Gasteiger partial charge in [0.2, 0.25) is 0 Å². The summed E-state index contributed by atoms with van der Waals surface area (Å²) < 4.78 is 0.581. The number of nitrogens with zero attached hydrogens (tertiary/aromatic N) is 1. The molecule has 0 saturated heterocycles. The summed E-state index contributed by atoms with van der Waals surface area (Å²) in [5, 5.41) is 0. The van der Waals surface area contributed by atoms with E-state index >= 15 is 0 Å². The number of aryl methyl sites for hydroxylation is 1. The highest BCUT2D eigenvalue weighted by Crippen LogP contribution is 2.15. The van der Waals surface area contributed by atoms with Gasteiger partial charge in [-0.3, -0.25) is 4.79 Å². The molecule has 0 aliphatic carbocycles. The van der Waals surface area contributed by atoms with Gasteiger partial charge in [0.25, 0.3) is 5.56 Å².